The maximum atomic E-state index is 13.7. The molecule has 0 radical (unpaired) electrons. The first-order valence-corrected chi connectivity index (χ1v) is 11.4. The molecule has 0 bridgehead atoms. The number of carboxylic acid groups (broad SMARTS) is 1. The summed E-state index contributed by atoms with van der Waals surface area (Å²) in [5.41, 5.74) is 3.17. The monoisotopic (exact) mass is 472 g/mol. The van der Waals surface area contributed by atoms with Crippen molar-refractivity contribution in [2.75, 3.05) is 0 Å². The van der Waals surface area contributed by atoms with E-state index in [9.17, 15) is 23.5 Å². The fourth-order valence-electron chi connectivity index (χ4n) is 4.90. The molecule has 0 unspecified atom stereocenters. The molecule has 0 aromatic heterocycles. The Morgan fingerprint density at radius 3 is 2.20 bits per heavy atom. The van der Waals surface area contributed by atoms with Gasteiger partial charge in [0.2, 0.25) is 0 Å². The third-order valence-electron chi connectivity index (χ3n) is 6.52. The van der Waals surface area contributed by atoms with Crippen molar-refractivity contribution in [3.05, 3.63) is 112 Å². The lowest BCUT2D eigenvalue weighted by Gasteiger charge is -2.30. The van der Waals surface area contributed by atoms with Crippen LogP contribution in [-0.2, 0) is 0 Å². The predicted molar refractivity (Wildman–Crippen MR) is 128 cm³/mol. The van der Waals surface area contributed by atoms with Crippen molar-refractivity contribution in [3.63, 3.8) is 0 Å². The highest BCUT2D eigenvalue weighted by Gasteiger charge is 2.44. The molecule has 3 aromatic rings. The van der Waals surface area contributed by atoms with Gasteiger partial charge in [0.25, 0.3) is 5.91 Å². The topological polar surface area (TPSA) is 70.0 Å². The number of nitrogens with zero attached hydrogens (tertiary/aromatic N) is 2. The molecule has 35 heavy (non-hydrogen) atoms. The molecule has 1 heterocycles. The van der Waals surface area contributed by atoms with Crippen molar-refractivity contribution in [3.8, 4) is 0 Å². The SMILES string of the molecule is O=C(O)c1ccccc1C(=O)N1N=C2/C(=C\c3ccc(F)cc3)CCC[C@H]2[C@@H]1c1ccc(F)cc1. The van der Waals surface area contributed by atoms with Crippen LogP contribution in [0.3, 0.4) is 0 Å². The summed E-state index contributed by atoms with van der Waals surface area (Å²) >= 11 is 0. The Kier molecular flexibility index (Phi) is 5.99. The van der Waals surface area contributed by atoms with Crippen LogP contribution in [0.25, 0.3) is 6.08 Å². The first-order chi connectivity index (χ1) is 16.9. The third kappa shape index (κ3) is 4.37. The van der Waals surface area contributed by atoms with E-state index in [1.807, 2.05) is 6.08 Å². The van der Waals surface area contributed by atoms with Crippen molar-refractivity contribution in [2.24, 2.45) is 11.0 Å². The van der Waals surface area contributed by atoms with Crippen LogP contribution in [0.5, 0.6) is 0 Å². The Labute approximate surface area is 201 Å². The fraction of sp³-hybridized carbons (Fsp3) is 0.179. The summed E-state index contributed by atoms with van der Waals surface area (Å²) in [6.45, 7) is 0. The second-order valence-corrected chi connectivity index (χ2v) is 8.70. The summed E-state index contributed by atoms with van der Waals surface area (Å²) in [4.78, 5) is 25.5. The molecule has 0 saturated heterocycles. The zero-order valence-corrected chi connectivity index (χ0v) is 18.7. The Bertz CT molecular complexity index is 1350. The summed E-state index contributed by atoms with van der Waals surface area (Å²) in [6, 6.07) is 17.7. The molecular weight excluding hydrogens is 450 g/mol. The average Bonchev–Trinajstić information content (AvgIpc) is 3.26. The molecular formula is C28H22F2N2O3. The predicted octanol–water partition coefficient (Wildman–Crippen LogP) is 6.10. The molecule has 7 heteroatoms. The molecule has 0 spiro atoms. The number of hydrazone groups is 1. The summed E-state index contributed by atoms with van der Waals surface area (Å²) in [6.07, 6.45) is 4.33. The van der Waals surface area contributed by atoms with Gasteiger partial charge in [0, 0.05) is 5.92 Å². The molecule has 5 nitrogen and oxygen atoms in total. The maximum Gasteiger partial charge on any atom is 0.336 e. The second kappa shape index (κ2) is 9.25. The molecule has 3 aromatic carbocycles. The number of allylic oxidation sites excluding steroid dienone is 1. The second-order valence-electron chi connectivity index (χ2n) is 8.70. The third-order valence-corrected chi connectivity index (χ3v) is 6.52. The Morgan fingerprint density at radius 2 is 1.54 bits per heavy atom. The molecule has 1 fully saturated rings. The van der Waals surface area contributed by atoms with Gasteiger partial charge in [-0.3, -0.25) is 4.79 Å². The zero-order chi connectivity index (χ0) is 24.5. The number of aromatic carboxylic acids is 1. The number of carbonyl (C=O) groups is 2. The Balaban J connectivity index is 1.60. The molecule has 2 atom stereocenters. The van der Waals surface area contributed by atoms with Gasteiger partial charge in [-0.05, 0) is 78.4 Å². The molecule has 5 rings (SSSR count). The number of carbonyl (C=O) groups excluding carboxylic acids is 1. The van der Waals surface area contributed by atoms with Gasteiger partial charge in [-0.1, -0.05) is 36.4 Å². The van der Waals surface area contributed by atoms with Crippen LogP contribution in [0.2, 0.25) is 0 Å². The summed E-state index contributed by atoms with van der Waals surface area (Å²) in [5, 5.41) is 15.7. The van der Waals surface area contributed by atoms with Gasteiger partial charge in [0.15, 0.2) is 0 Å². The van der Waals surface area contributed by atoms with Crippen molar-refractivity contribution in [1.82, 2.24) is 5.01 Å². The van der Waals surface area contributed by atoms with Gasteiger partial charge in [-0.25, -0.2) is 18.6 Å². The summed E-state index contributed by atoms with van der Waals surface area (Å²) in [7, 11) is 0. The van der Waals surface area contributed by atoms with Gasteiger partial charge in [0.05, 0.1) is 22.9 Å². The zero-order valence-electron chi connectivity index (χ0n) is 18.7. The van der Waals surface area contributed by atoms with Gasteiger partial charge >= 0.3 is 5.97 Å². The first-order valence-electron chi connectivity index (χ1n) is 11.4. The number of hydrogen-bond acceptors (Lipinski definition) is 3. The number of benzene rings is 3. The Morgan fingerprint density at radius 1 is 0.914 bits per heavy atom. The van der Waals surface area contributed by atoms with E-state index in [0.29, 0.717) is 0 Å². The molecule has 1 aliphatic carbocycles. The van der Waals surface area contributed by atoms with Crippen molar-refractivity contribution in [2.45, 2.75) is 25.3 Å². The van der Waals surface area contributed by atoms with Crippen LogP contribution in [0.15, 0.2) is 83.5 Å². The highest BCUT2D eigenvalue weighted by molar-refractivity contribution is 6.10. The number of halogens is 2. The number of amides is 1. The molecule has 1 amide bonds. The molecule has 1 saturated carbocycles. The number of rotatable bonds is 4. The van der Waals surface area contributed by atoms with Crippen LogP contribution >= 0.6 is 0 Å². The lowest BCUT2D eigenvalue weighted by Crippen LogP contribution is -2.32. The number of hydrogen-bond donors (Lipinski definition) is 1. The highest BCUT2D eigenvalue weighted by atomic mass is 19.1. The fourth-order valence-corrected chi connectivity index (χ4v) is 4.90. The van der Waals surface area contributed by atoms with Crippen LogP contribution in [0.1, 0.15) is 57.1 Å². The van der Waals surface area contributed by atoms with E-state index in [1.54, 1.807) is 36.4 Å². The molecule has 176 valence electrons. The van der Waals surface area contributed by atoms with E-state index >= 15 is 0 Å². The van der Waals surface area contributed by atoms with E-state index in [0.717, 1.165) is 41.7 Å². The lowest BCUT2D eigenvalue weighted by atomic mass is 9.77. The van der Waals surface area contributed by atoms with Gasteiger partial charge in [0.1, 0.15) is 11.6 Å². The van der Waals surface area contributed by atoms with Gasteiger partial charge in [-0.15, -0.1) is 0 Å². The minimum Gasteiger partial charge on any atom is -0.478 e. The normalized spacial score (nSPS) is 20.5. The maximum absolute atomic E-state index is 13.7. The van der Waals surface area contributed by atoms with Crippen LogP contribution < -0.4 is 0 Å². The van der Waals surface area contributed by atoms with E-state index in [4.69, 9.17) is 5.10 Å². The highest BCUT2D eigenvalue weighted by Crippen LogP contribution is 2.45. The van der Waals surface area contributed by atoms with Crippen molar-refractivity contribution in [1.29, 1.82) is 0 Å². The largest absolute Gasteiger partial charge is 0.478 e. The van der Waals surface area contributed by atoms with E-state index in [1.165, 1.54) is 41.4 Å². The summed E-state index contributed by atoms with van der Waals surface area (Å²) < 4.78 is 27.1. The Hall–Kier alpha value is -4.13. The van der Waals surface area contributed by atoms with E-state index in [2.05, 4.69) is 0 Å². The standard InChI is InChI=1S/C28H22F2N2O3/c29-20-12-8-17(9-13-20)16-19-4-3-7-24-25(19)31-32(26(24)18-10-14-21(30)15-11-18)27(33)22-5-1-2-6-23(22)28(34)35/h1-2,5-6,8-16,24,26H,3-4,7H2,(H,34,35)/b19-16-/t24-,26+/m1/s1. The molecule has 2 aliphatic rings. The minimum atomic E-state index is -1.20. The smallest absolute Gasteiger partial charge is 0.336 e. The van der Waals surface area contributed by atoms with E-state index < -0.39 is 17.9 Å². The average molecular weight is 472 g/mol. The molecule has 1 N–H and O–H groups in total. The van der Waals surface area contributed by atoms with E-state index in [-0.39, 0.29) is 28.7 Å². The quantitative estimate of drug-likeness (QED) is 0.499. The van der Waals surface area contributed by atoms with Crippen LogP contribution in [-0.4, -0.2) is 27.7 Å². The minimum absolute atomic E-state index is 0.0409. The lowest BCUT2D eigenvalue weighted by molar-refractivity contribution is 0.0645. The first kappa shape index (κ1) is 22.7. The molecule has 1 aliphatic heterocycles. The van der Waals surface area contributed by atoms with Gasteiger partial charge < -0.3 is 5.11 Å². The van der Waals surface area contributed by atoms with Crippen molar-refractivity contribution < 1.29 is 23.5 Å². The van der Waals surface area contributed by atoms with Crippen LogP contribution in [0.4, 0.5) is 8.78 Å². The van der Waals surface area contributed by atoms with Crippen molar-refractivity contribution >= 4 is 23.7 Å². The number of carboxylic acids is 1. The summed E-state index contributed by atoms with van der Waals surface area (Å²) in [5.74, 6) is -2.57. The van der Waals surface area contributed by atoms with Crippen LogP contribution in [0, 0.1) is 17.6 Å². The number of fused-ring (bicyclic) bond motifs is 1. The van der Waals surface area contributed by atoms with Gasteiger partial charge in [-0.2, -0.15) is 5.10 Å².